The maximum Gasteiger partial charge on any atom is 0.305 e. The molecule has 0 fully saturated rings. The van der Waals surface area contributed by atoms with E-state index in [1.807, 2.05) is 27.7 Å². The summed E-state index contributed by atoms with van der Waals surface area (Å²) in [6.07, 6.45) is 1.21. The molecule has 0 saturated heterocycles. The molecule has 0 rings (SSSR count). The topological polar surface area (TPSA) is 54.0 Å². The van der Waals surface area contributed by atoms with Crippen molar-refractivity contribution in [3.63, 3.8) is 0 Å². The standard InChI is InChI=1S/C14H28O5/c1-6-7-14(15)19-10-13(4)18-9-12(3)17-8-11(2)16-5/h11-13H,6-10H2,1-5H3. The van der Waals surface area contributed by atoms with Gasteiger partial charge in [0.2, 0.25) is 0 Å². The first-order valence-corrected chi connectivity index (χ1v) is 6.91. The molecule has 0 aliphatic carbocycles. The second kappa shape index (κ2) is 11.2. The van der Waals surface area contributed by atoms with Crippen molar-refractivity contribution in [2.24, 2.45) is 0 Å². The molecule has 5 heteroatoms. The quantitative estimate of drug-likeness (QED) is 0.541. The van der Waals surface area contributed by atoms with Gasteiger partial charge in [-0.15, -0.1) is 0 Å². The van der Waals surface area contributed by atoms with Gasteiger partial charge >= 0.3 is 5.97 Å². The minimum atomic E-state index is -0.170. The van der Waals surface area contributed by atoms with E-state index in [4.69, 9.17) is 18.9 Å². The van der Waals surface area contributed by atoms with Crippen LogP contribution in [0.25, 0.3) is 0 Å². The molecule has 19 heavy (non-hydrogen) atoms. The average molecular weight is 276 g/mol. The zero-order chi connectivity index (χ0) is 14.7. The number of carbonyl (C=O) groups is 1. The summed E-state index contributed by atoms with van der Waals surface area (Å²) < 4.78 is 21.3. The van der Waals surface area contributed by atoms with Crippen molar-refractivity contribution in [2.75, 3.05) is 26.9 Å². The normalized spacial score (nSPS) is 15.8. The van der Waals surface area contributed by atoms with E-state index < -0.39 is 0 Å². The van der Waals surface area contributed by atoms with E-state index in [0.29, 0.717) is 26.2 Å². The lowest BCUT2D eigenvalue weighted by atomic mass is 10.3. The van der Waals surface area contributed by atoms with Crippen LogP contribution in [0.2, 0.25) is 0 Å². The fraction of sp³-hybridized carbons (Fsp3) is 0.929. The van der Waals surface area contributed by atoms with Crippen LogP contribution >= 0.6 is 0 Å². The first kappa shape index (κ1) is 18.4. The van der Waals surface area contributed by atoms with E-state index in [-0.39, 0.29) is 24.3 Å². The fourth-order valence-electron chi connectivity index (χ4n) is 1.25. The van der Waals surface area contributed by atoms with Gasteiger partial charge in [-0.25, -0.2) is 0 Å². The van der Waals surface area contributed by atoms with E-state index in [0.717, 1.165) is 6.42 Å². The van der Waals surface area contributed by atoms with E-state index in [1.54, 1.807) is 7.11 Å². The molecule has 0 aliphatic heterocycles. The molecule has 0 N–H and O–H groups in total. The van der Waals surface area contributed by atoms with Gasteiger partial charge in [-0.2, -0.15) is 0 Å². The highest BCUT2D eigenvalue weighted by Gasteiger charge is 2.10. The predicted molar refractivity (Wildman–Crippen MR) is 73.2 cm³/mol. The Balaban J connectivity index is 3.60. The molecule has 0 amide bonds. The van der Waals surface area contributed by atoms with E-state index in [1.165, 1.54) is 0 Å². The van der Waals surface area contributed by atoms with Crippen LogP contribution in [0.4, 0.5) is 0 Å². The highest BCUT2D eigenvalue weighted by molar-refractivity contribution is 5.69. The molecular weight excluding hydrogens is 248 g/mol. The molecule has 0 aliphatic rings. The molecular formula is C14H28O5. The largest absolute Gasteiger partial charge is 0.463 e. The van der Waals surface area contributed by atoms with Gasteiger partial charge < -0.3 is 18.9 Å². The Morgan fingerprint density at radius 2 is 1.47 bits per heavy atom. The van der Waals surface area contributed by atoms with Crippen molar-refractivity contribution < 1.29 is 23.7 Å². The van der Waals surface area contributed by atoms with Crippen molar-refractivity contribution in [1.82, 2.24) is 0 Å². The number of hydrogen-bond donors (Lipinski definition) is 0. The molecule has 0 aromatic rings. The van der Waals surface area contributed by atoms with Crippen molar-refractivity contribution in [3.8, 4) is 0 Å². The molecule has 0 aromatic heterocycles. The number of rotatable bonds is 11. The van der Waals surface area contributed by atoms with Crippen molar-refractivity contribution in [3.05, 3.63) is 0 Å². The minimum Gasteiger partial charge on any atom is -0.463 e. The van der Waals surface area contributed by atoms with Gasteiger partial charge in [-0.1, -0.05) is 6.92 Å². The lowest BCUT2D eigenvalue weighted by Gasteiger charge is -2.19. The van der Waals surface area contributed by atoms with Gasteiger partial charge in [0.15, 0.2) is 0 Å². The van der Waals surface area contributed by atoms with Crippen molar-refractivity contribution >= 4 is 5.97 Å². The zero-order valence-corrected chi connectivity index (χ0v) is 12.8. The molecule has 0 radical (unpaired) electrons. The van der Waals surface area contributed by atoms with Gasteiger partial charge in [0.25, 0.3) is 0 Å². The first-order chi connectivity index (χ1) is 8.99. The summed E-state index contributed by atoms with van der Waals surface area (Å²) in [5.74, 6) is -0.170. The van der Waals surface area contributed by atoms with E-state index >= 15 is 0 Å². The highest BCUT2D eigenvalue weighted by atomic mass is 16.6. The Bertz CT molecular complexity index is 232. The molecule has 0 spiro atoms. The van der Waals surface area contributed by atoms with E-state index in [2.05, 4.69) is 0 Å². The molecule has 3 atom stereocenters. The third kappa shape index (κ3) is 10.9. The van der Waals surface area contributed by atoms with Crippen LogP contribution in [0.1, 0.15) is 40.5 Å². The van der Waals surface area contributed by atoms with E-state index in [9.17, 15) is 4.79 Å². The van der Waals surface area contributed by atoms with Gasteiger partial charge in [0, 0.05) is 13.5 Å². The van der Waals surface area contributed by atoms with Crippen LogP contribution in [-0.4, -0.2) is 51.2 Å². The van der Waals surface area contributed by atoms with Crippen LogP contribution in [0.15, 0.2) is 0 Å². The summed E-state index contributed by atoms with van der Waals surface area (Å²) in [5, 5.41) is 0. The lowest BCUT2D eigenvalue weighted by molar-refractivity contribution is -0.148. The lowest BCUT2D eigenvalue weighted by Crippen LogP contribution is -2.26. The number of ether oxygens (including phenoxy) is 4. The Morgan fingerprint density at radius 3 is 2.00 bits per heavy atom. The van der Waals surface area contributed by atoms with Crippen LogP contribution in [0.3, 0.4) is 0 Å². The summed E-state index contributed by atoms with van der Waals surface area (Å²) in [4.78, 5) is 11.2. The summed E-state index contributed by atoms with van der Waals surface area (Å²) >= 11 is 0. The molecule has 0 heterocycles. The third-order valence-electron chi connectivity index (χ3n) is 2.57. The minimum absolute atomic E-state index is 0.00797. The van der Waals surface area contributed by atoms with Crippen molar-refractivity contribution in [2.45, 2.75) is 58.8 Å². The predicted octanol–water partition coefficient (Wildman–Crippen LogP) is 2.17. The number of methoxy groups -OCH3 is 1. The van der Waals surface area contributed by atoms with Crippen LogP contribution in [0.5, 0.6) is 0 Å². The molecule has 3 unspecified atom stereocenters. The Labute approximate surface area is 116 Å². The van der Waals surface area contributed by atoms with Gasteiger partial charge in [0.1, 0.15) is 6.61 Å². The number of esters is 1. The maximum absolute atomic E-state index is 11.2. The molecule has 5 nitrogen and oxygen atoms in total. The number of carbonyl (C=O) groups excluding carboxylic acids is 1. The van der Waals surface area contributed by atoms with Gasteiger partial charge in [-0.3, -0.25) is 4.79 Å². The second-order valence-corrected chi connectivity index (χ2v) is 4.77. The van der Waals surface area contributed by atoms with Crippen molar-refractivity contribution in [1.29, 1.82) is 0 Å². The third-order valence-corrected chi connectivity index (χ3v) is 2.57. The summed E-state index contributed by atoms with van der Waals surface area (Å²) in [7, 11) is 1.65. The first-order valence-electron chi connectivity index (χ1n) is 6.91. The summed E-state index contributed by atoms with van der Waals surface area (Å²) in [6.45, 7) is 9.02. The average Bonchev–Trinajstić information content (AvgIpc) is 2.40. The molecule has 0 saturated carbocycles. The highest BCUT2D eigenvalue weighted by Crippen LogP contribution is 2.01. The smallest absolute Gasteiger partial charge is 0.305 e. The van der Waals surface area contributed by atoms with Crippen LogP contribution in [0, 0.1) is 0 Å². The molecule has 114 valence electrons. The summed E-state index contributed by atoms with van der Waals surface area (Å²) in [6, 6.07) is 0. The molecule has 0 aromatic carbocycles. The SMILES string of the molecule is CCCC(=O)OCC(C)OCC(C)OCC(C)OC. The Morgan fingerprint density at radius 1 is 0.947 bits per heavy atom. The molecule has 0 bridgehead atoms. The zero-order valence-electron chi connectivity index (χ0n) is 12.8. The number of hydrogen-bond acceptors (Lipinski definition) is 5. The monoisotopic (exact) mass is 276 g/mol. The van der Waals surface area contributed by atoms with Gasteiger partial charge in [-0.05, 0) is 27.2 Å². The fourth-order valence-corrected chi connectivity index (χ4v) is 1.25. The second-order valence-electron chi connectivity index (χ2n) is 4.77. The van der Waals surface area contributed by atoms with Gasteiger partial charge in [0.05, 0.1) is 31.5 Å². The maximum atomic E-state index is 11.2. The Hall–Kier alpha value is -0.650. The summed E-state index contributed by atoms with van der Waals surface area (Å²) in [5.41, 5.74) is 0. The van der Waals surface area contributed by atoms with Crippen LogP contribution in [-0.2, 0) is 23.7 Å². The van der Waals surface area contributed by atoms with Crippen LogP contribution < -0.4 is 0 Å². The Kier molecular flexibility index (Phi) is 10.8.